The number of hydrogen-bond acceptors (Lipinski definition) is 4. The Balaban J connectivity index is 2.35. The number of amides is 1. The van der Waals surface area contributed by atoms with Crippen LogP contribution in [0.1, 0.15) is 40.0 Å². The number of nitrogens with two attached hydrogens (primary N) is 1. The van der Waals surface area contributed by atoms with E-state index in [0.717, 1.165) is 6.42 Å². The first-order valence-electron chi connectivity index (χ1n) is 9.35. The monoisotopic (exact) mass is 389 g/mol. The van der Waals surface area contributed by atoms with E-state index >= 15 is 0 Å². The summed E-state index contributed by atoms with van der Waals surface area (Å²) in [4.78, 5) is 17.7. The van der Waals surface area contributed by atoms with Crippen LogP contribution in [0.5, 0.6) is 0 Å². The Hall–Kier alpha value is -1.41. The van der Waals surface area contributed by atoms with Gasteiger partial charge in [-0.25, -0.2) is 0 Å². The molecule has 0 saturated carbocycles. The number of primary amides is 1. The molecular weight excluding hydrogens is 359 g/mol. The summed E-state index contributed by atoms with van der Waals surface area (Å²) in [6, 6.07) is 0.0880. The molecule has 4 atom stereocenters. The van der Waals surface area contributed by atoms with Crippen molar-refractivity contribution in [1.29, 1.82) is 0 Å². The molecule has 154 valence electrons. The zero-order chi connectivity index (χ0) is 20.5. The predicted octanol–water partition coefficient (Wildman–Crippen LogP) is 3.15. The van der Waals surface area contributed by atoms with Gasteiger partial charge in [0.25, 0.3) is 0 Å². The van der Waals surface area contributed by atoms with Gasteiger partial charge >= 0.3 is 6.18 Å². The smallest absolute Gasteiger partial charge is 0.369 e. The second kappa shape index (κ2) is 7.91. The van der Waals surface area contributed by atoms with Crippen molar-refractivity contribution in [3.05, 3.63) is 12.2 Å². The van der Waals surface area contributed by atoms with E-state index in [4.69, 9.17) is 10.5 Å². The number of allylic oxidation sites excluding steroid dienone is 1. The quantitative estimate of drug-likeness (QED) is 0.759. The predicted molar refractivity (Wildman–Crippen MR) is 98.3 cm³/mol. The molecule has 8 heteroatoms. The zero-order valence-electron chi connectivity index (χ0n) is 16.4. The van der Waals surface area contributed by atoms with E-state index < -0.39 is 35.1 Å². The molecule has 0 spiro atoms. The van der Waals surface area contributed by atoms with E-state index in [1.807, 2.05) is 14.0 Å². The molecule has 4 unspecified atom stereocenters. The van der Waals surface area contributed by atoms with Crippen LogP contribution in [0.15, 0.2) is 17.1 Å². The number of nitrogens with zero attached hydrogens (tertiary/aromatic N) is 2. The number of aliphatic imine (C=N–C) groups is 1. The van der Waals surface area contributed by atoms with Gasteiger partial charge in [0.15, 0.2) is 6.23 Å². The van der Waals surface area contributed by atoms with Crippen LogP contribution in [-0.4, -0.2) is 55.7 Å². The van der Waals surface area contributed by atoms with E-state index in [0.29, 0.717) is 19.4 Å². The van der Waals surface area contributed by atoms with Crippen LogP contribution in [-0.2, 0) is 9.53 Å². The number of alkyl halides is 3. The van der Waals surface area contributed by atoms with Crippen LogP contribution in [0.25, 0.3) is 0 Å². The number of halogens is 3. The van der Waals surface area contributed by atoms with E-state index in [9.17, 15) is 18.0 Å². The van der Waals surface area contributed by atoms with Crippen LogP contribution in [0.3, 0.4) is 0 Å². The number of piperidine rings is 1. The zero-order valence-corrected chi connectivity index (χ0v) is 16.4. The fraction of sp³-hybridized carbons (Fsp3) is 0.789. The normalized spacial score (nSPS) is 32.6. The molecule has 2 heterocycles. The summed E-state index contributed by atoms with van der Waals surface area (Å²) in [6.07, 6.45) is -0.450. The lowest BCUT2D eigenvalue weighted by Crippen LogP contribution is -2.57. The second-order valence-electron chi connectivity index (χ2n) is 8.26. The molecule has 1 saturated heterocycles. The maximum atomic E-state index is 14.4. The topological polar surface area (TPSA) is 67.9 Å². The van der Waals surface area contributed by atoms with Crippen molar-refractivity contribution in [2.45, 2.75) is 58.5 Å². The van der Waals surface area contributed by atoms with Crippen molar-refractivity contribution in [1.82, 2.24) is 4.90 Å². The number of dihydropyridines is 1. The van der Waals surface area contributed by atoms with Crippen LogP contribution in [0, 0.1) is 16.7 Å². The third kappa shape index (κ3) is 4.21. The summed E-state index contributed by atoms with van der Waals surface area (Å²) in [5.41, 5.74) is 2.05. The Morgan fingerprint density at radius 1 is 1.41 bits per heavy atom. The van der Waals surface area contributed by atoms with Crippen molar-refractivity contribution in [2.24, 2.45) is 27.5 Å². The molecule has 0 aromatic carbocycles. The lowest BCUT2D eigenvalue weighted by Gasteiger charge is -2.49. The van der Waals surface area contributed by atoms with Gasteiger partial charge in [-0.15, -0.1) is 0 Å². The van der Waals surface area contributed by atoms with Crippen molar-refractivity contribution in [2.75, 3.05) is 20.2 Å². The number of rotatable bonds is 6. The minimum Gasteiger partial charge on any atom is -0.369 e. The van der Waals surface area contributed by atoms with Gasteiger partial charge in [0.2, 0.25) is 5.91 Å². The maximum Gasteiger partial charge on any atom is 0.402 e. The lowest BCUT2D eigenvalue weighted by atomic mass is 9.66. The first-order chi connectivity index (χ1) is 12.5. The van der Waals surface area contributed by atoms with Crippen molar-refractivity contribution < 1.29 is 22.7 Å². The standard InChI is InChI=1S/C19H30F3N3O2/c1-5-14-11-13(7-10-25(14)4)18(19(20,21)22)8-6-9-24-16(18)27-12-17(2,3)15(23)26/h6,8-9,13-14,16H,5,7,10-12H2,1-4H3,(H2,23,26). The Labute approximate surface area is 158 Å². The number of likely N-dealkylation sites (tertiary alicyclic amines) is 1. The molecule has 0 bridgehead atoms. The van der Waals surface area contributed by atoms with Crippen LogP contribution < -0.4 is 5.73 Å². The molecule has 2 rings (SSSR count). The number of carbonyl (C=O) groups excluding carboxylic acids is 1. The third-order valence-corrected chi connectivity index (χ3v) is 6.01. The van der Waals surface area contributed by atoms with Gasteiger partial charge in [-0.3, -0.25) is 9.79 Å². The van der Waals surface area contributed by atoms with E-state index in [1.165, 1.54) is 18.4 Å². The Kier molecular flexibility index (Phi) is 6.41. The lowest BCUT2D eigenvalue weighted by molar-refractivity contribution is -0.267. The van der Waals surface area contributed by atoms with Gasteiger partial charge in [0.05, 0.1) is 12.0 Å². The summed E-state index contributed by atoms with van der Waals surface area (Å²) >= 11 is 0. The number of carbonyl (C=O) groups is 1. The Bertz CT molecular complexity index is 603. The highest BCUT2D eigenvalue weighted by Gasteiger charge is 2.64. The summed E-state index contributed by atoms with van der Waals surface area (Å²) < 4.78 is 48.9. The number of ether oxygens (including phenoxy) is 1. The number of hydrogen-bond donors (Lipinski definition) is 1. The van der Waals surface area contributed by atoms with Gasteiger partial charge in [0.1, 0.15) is 5.41 Å². The van der Waals surface area contributed by atoms with E-state index in [1.54, 1.807) is 13.8 Å². The highest BCUT2D eigenvalue weighted by molar-refractivity contribution is 5.80. The Morgan fingerprint density at radius 3 is 2.63 bits per heavy atom. The van der Waals surface area contributed by atoms with Crippen molar-refractivity contribution in [3.8, 4) is 0 Å². The van der Waals surface area contributed by atoms with Gasteiger partial charge in [-0.1, -0.05) is 13.0 Å². The molecule has 2 aliphatic heterocycles. The first-order valence-corrected chi connectivity index (χ1v) is 9.35. The molecule has 0 aromatic rings. The van der Waals surface area contributed by atoms with Gasteiger partial charge in [0, 0.05) is 12.3 Å². The Morgan fingerprint density at radius 2 is 2.07 bits per heavy atom. The van der Waals surface area contributed by atoms with Gasteiger partial charge < -0.3 is 15.4 Å². The molecule has 0 aliphatic carbocycles. The maximum absolute atomic E-state index is 14.4. The van der Waals surface area contributed by atoms with E-state index in [-0.39, 0.29) is 12.6 Å². The molecular formula is C19H30F3N3O2. The average Bonchev–Trinajstić information content (AvgIpc) is 2.59. The summed E-state index contributed by atoms with van der Waals surface area (Å²) in [5, 5.41) is 0. The molecule has 27 heavy (non-hydrogen) atoms. The second-order valence-corrected chi connectivity index (χ2v) is 8.26. The molecule has 5 nitrogen and oxygen atoms in total. The third-order valence-electron chi connectivity index (χ3n) is 6.01. The molecule has 1 fully saturated rings. The fourth-order valence-electron chi connectivity index (χ4n) is 3.96. The molecule has 1 amide bonds. The van der Waals surface area contributed by atoms with Gasteiger partial charge in [-0.2, -0.15) is 13.2 Å². The van der Waals surface area contributed by atoms with E-state index in [2.05, 4.69) is 9.89 Å². The SMILES string of the molecule is CCC1CC(C2(C(F)(F)F)C=CC=NC2OCC(C)(C)C(N)=O)CCN1C. The fourth-order valence-corrected chi connectivity index (χ4v) is 3.96. The van der Waals surface area contributed by atoms with Crippen LogP contribution in [0.2, 0.25) is 0 Å². The van der Waals surface area contributed by atoms with Crippen molar-refractivity contribution >= 4 is 12.1 Å². The highest BCUT2D eigenvalue weighted by Crippen LogP contribution is 2.54. The average molecular weight is 389 g/mol. The summed E-state index contributed by atoms with van der Waals surface area (Å²) in [6.45, 7) is 5.46. The largest absolute Gasteiger partial charge is 0.402 e. The first kappa shape index (κ1) is 21.9. The minimum atomic E-state index is -4.53. The molecule has 0 aromatic heterocycles. The van der Waals surface area contributed by atoms with Crippen LogP contribution in [0.4, 0.5) is 13.2 Å². The molecule has 2 N–H and O–H groups in total. The van der Waals surface area contributed by atoms with Crippen LogP contribution >= 0.6 is 0 Å². The minimum absolute atomic E-state index is 0.0880. The highest BCUT2D eigenvalue weighted by atomic mass is 19.4. The van der Waals surface area contributed by atoms with Gasteiger partial charge in [-0.05, 0) is 58.7 Å². The molecule has 0 radical (unpaired) electrons. The summed E-state index contributed by atoms with van der Waals surface area (Å²) in [7, 11) is 1.95. The molecule has 2 aliphatic rings. The summed E-state index contributed by atoms with van der Waals surface area (Å²) in [5.74, 6) is -1.27. The van der Waals surface area contributed by atoms with Crippen molar-refractivity contribution in [3.63, 3.8) is 0 Å².